The summed E-state index contributed by atoms with van der Waals surface area (Å²) < 4.78 is 0. The fraction of sp³-hybridized carbons (Fsp3) is 0.450. The van der Waals surface area contributed by atoms with Gasteiger partial charge in [0.05, 0.1) is 11.1 Å². The van der Waals surface area contributed by atoms with E-state index in [4.69, 9.17) is 5.73 Å². The van der Waals surface area contributed by atoms with E-state index in [1.807, 2.05) is 0 Å². The maximum Gasteiger partial charge on any atom is 0.264 e. The lowest BCUT2D eigenvalue weighted by Crippen LogP contribution is -2.54. The highest BCUT2D eigenvalue weighted by Crippen LogP contribution is 2.32. The number of carbonyl (C=O) groups is 5. The largest absolute Gasteiger partial charge is 0.383 e. The van der Waals surface area contributed by atoms with Gasteiger partial charge in [-0.2, -0.15) is 0 Å². The Kier molecular flexibility index (Phi) is 6.78. The van der Waals surface area contributed by atoms with Crippen LogP contribution >= 0.6 is 0 Å². The van der Waals surface area contributed by atoms with Crippen LogP contribution in [0.25, 0.3) is 0 Å². The lowest BCUT2D eigenvalue weighted by atomic mass is 10.0. The van der Waals surface area contributed by atoms with E-state index in [-0.39, 0.29) is 29.9 Å². The number of benzene rings is 1. The first-order valence-electron chi connectivity index (χ1n) is 9.99. The van der Waals surface area contributed by atoms with Crippen molar-refractivity contribution >= 4 is 35.2 Å². The summed E-state index contributed by atoms with van der Waals surface area (Å²) in [5.74, 6) is -2.26. The van der Waals surface area contributed by atoms with Crippen molar-refractivity contribution in [2.75, 3.05) is 25.0 Å². The molecule has 2 aliphatic heterocycles. The third kappa shape index (κ3) is 4.48. The zero-order chi connectivity index (χ0) is 21.7. The Morgan fingerprint density at radius 3 is 2.67 bits per heavy atom. The zero-order valence-electron chi connectivity index (χ0n) is 16.5. The summed E-state index contributed by atoms with van der Waals surface area (Å²) in [6, 6.07) is 3.84. The third-order valence-electron chi connectivity index (χ3n) is 5.09. The summed E-state index contributed by atoms with van der Waals surface area (Å²) in [5.41, 5.74) is 6.26. The Bertz CT molecular complexity index is 884. The molecule has 10 heteroatoms. The SMILES string of the molecule is NCCCCC(=O)NCCNc1cccc2c1C(=O)N(C1CCC(=O)NC1=O)C2=O. The lowest BCUT2D eigenvalue weighted by molar-refractivity contribution is -0.136. The highest BCUT2D eigenvalue weighted by atomic mass is 16.2. The Morgan fingerprint density at radius 1 is 1.13 bits per heavy atom. The number of nitrogens with two attached hydrogens (primary N) is 1. The Labute approximate surface area is 173 Å². The van der Waals surface area contributed by atoms with Crippen molar-refractivity contribution in [2.24, 2.45) is 5.73 Å². The molecule has 2 heterocycles. The van der Waals surface area contributed by atoms with Gasteiger partial charge in [-0.25, -0.2) is 0 Å². The Balaban J connectivity index is 1.63. The number of imide groups is 2. The Hall–Kier alpha value is -3.27. The number of amides is 5. The van der Waals surface area contributed by atoms with Gasteiger partial charge in [0, 0.05) is 31.6 Å². The van der Waals surface area contributed by atoms with Crippen molar-refractivity contribution in [3.05, 3.63) is 29.3 Å². The number of anilines is 1. The van der Waals surface area contributed by atoms with E-state index in [9.17, 15) is 24.0 Å². The molecule has 0 bridgehead atoms. The predicted molar refractivity (Wildman–Crippen MR) is 108 cm³/mol. The highest BCUT2D eigenvalue weighted by Gasteiger charge is 2.45. The van der Waals surface area contributed by atoms with Crippen LogP contribution in [0.4, 0.5) is 5.69 Å². The number of unbranched alkanes of at least 4 members (excludes halogenated alkanes) is 1. The number of piperidine rings is 1. The smallest absolute Gasteiger partial charge is 0.264 e. The second-order valence-corrected chi connectivity index (χ2v) is 7.20. The van der Waals surface area contributed by atoms with Gasteiger partial charge in [0.15, 0.2) is 0 Å². The van der Waals surface area contributed by atoms with Crippen LogP contribution in [-0.2, 0) is 14.4 Å². The molecule has 0 aromatic heterocycles. The quantitative estimate of drug-likeness (QED) is 0.321. The summed E-state index contributed by atoms with van der Waals surface area (Å²) >= 11 is 0. The van der Waals surface area contributed by atoms with Crippen molar-refractivity contribution in [3.63, 3.8) is 0 Å². The van der Waals surface area contributed by atoms with Gasteiger partial charge >= 0.3 is 0 Å². The first-order valence-corrected chi connectivity index (χ1v) is 9.99. The minimum Gasteiger partial charge on any atom is -0.383 e. The second kappa shape index (κ2) is 9.49. The van der Waals surface area contributed by atoms with E-state index >= 15 is 0 Å². The molecule has 5 amide bonds. The fourth-order valence-corrected chi connectivity index (χ4v) is 3.58. The van der Waals surface area contributed by atoms with Crippen LogP contribution in [-0.4, -0.2) is 60.1 Å². The second-order valence-electron chi connectivity index (χ2n) is 7.20. The van der Waals surface area contributed by atoms with Crippen molar-refractivity contribution in [3.8, 4) is 0 Å². The van der Waals surface area contributed by atoms with Gasteiger partial charge in [0.25, 0.3) is 11.8 Å². The summed E-state index contributed by atoms with van der Waals surface area (Å²) in [6.07, 6.45) is 2.11. The molecule has 1 fully saturated rings. The molecular weight excluding hydrogens is 390 g/mol. The first-order chi connectivity index (χ1) is 14.4. The van der Waals surface area contributed by atoms with E-state index in [2.05, 4.69) is 16.0 Å². The molecule has 2 aliphatic rings. The van der Waals surface area contributed by atoms with Crippen LogP contribution in [0.5, 0.6) is 0 Å². The van der Waals surface area contributed by atoms with E-state index in [1.165, 1.54) is 6.07 Å². The van der Waals surface area contributed by atoms with Gasteiger partial charge in [-0.3, -0.25) is 34.2 Å². The van der Waals surface area contributed by atoms with E-state index in [1.54, 1.807) is 12.1 Å². The van der Waals surface area contributed by atoms with Crippen LogP contribution < -0.4 is 21.7 Å². The standard InChI is InChI=1S/C20H25N5O5/c21-9-2-1-6-15(26)23-11-10-22-13-5-3-4-12-17(13)20(30)25(19(12)29)14-7-8-16(27)24-18(14)28/h3-5,14,22H,1-2,6-11,21H2,(H,23,26)(H,24,27,28). The van der Waals surface area contributed by atoms with Crippen LogP contribution in [0.1, 0.15) is 52.8 Å². The molecule has 10 nitrogen and oxygen atoms in total. The number of hydrogen-bond acceptors (Lipinski definition) is 7. The maximum atomic E-state index is 13.0. The average molecular weight is 415 g/mol. The van der Waals surface area contributed by atoms with Crippen molar-refractivity contribution in [1.29, 1.82) is 0 Å². The minimum absolute atomic E-state index is 0.0693. The molecule has 1 unspecified atom stereocenters. The first kappa shape index (κ1) is 21.4. The molecule has 0 radical (unpaired) electrons. The third-order valence-corrected chi connectivity index (χ3v) is 5.09. The van der Waals surface area contributed by atoms with Crippen LogP contribution in [0.2, 0.25) is 0 Å². The highest BCUT2D eigenvalue weighted by molar-refractivity contribution is 6.25. The molecule has 0 saturated carbocycles. The lowest BCUT2D eigenvalue weighted by Gasteiger charge is -2.27. The van der Waals surface area contributed by atoms with Crippen molar-refractivity contribution in [2.45, 2.75) is 38.1 Å². The van der Waals surface area contributed by atoms with Gasteiger partial charge in [-0.15, -0.1) is 0 Å². The molecular formula is C20H25N5O5. The fourth-order valence-electron chi connectivity index (χ4n) is 3.58. The number of hydrogen-bond donors (Lipinski definition) is 4. The van der Waals surface area contributed by atoms with Gasteiger partial charge in [-0.05, 0) is 37.9 Å². The summed E-state index contributed by atoms with van der Waals surface area (Å²) in [6.45, 7) is 1.26. The number of nitrogens with one attached hydrogen (secondary N) is 3. The van der Waals surface area contributed by atoms with Crippen molar-refractivity contribution in [1.82, 2.24) is 15.5 Å². The average Bonchev–Trinajstić information content (AvgIpc) is 2.97. The number of fused-ring (bicyclic) bond motifs is 1. The molecule has 0 aliphatic carbocycles. The molecule has 160 valence electrons. The van der Waals surface area contributed by atoms with E-state index in [0.29, 0.717) is 31.7 Å². The maximum absolute atomic E-state index is 13.0. The predicted octanol–water partition coefficient (Wildman–Crippen LogP) is -0.255. The van der Waals surface area contributed by atoms with Crippen LogP contribution in [0.3, 0.4) is 0 Å². The van der Waals surface area contributed by atoms with Crippen molar-refractivity contribution < 1.29 is 24.0 Å². The number of nitrogens with zero attached hydrogens (tertiary/aromatic N) is 1. The van der Waals surface area contributed by atoms with Gasteiger partial charge in [0.1, 0.15) is 6.04 Å². The molecule has 1 saturated heterocycles. The van der Waals surface area contributed by atoms with Gasteiger partial charge in [0.2, 0.25) is 17.7 Å². The molecule has 30 heavy (non-hydrogen) atoms. The molecule has 3 rings (SSSR count). The van der Waals surface area contributed by atoms with E-state index < -0.39 is 29.7 Å². The number of rotatable bonds is 9. The summed E-state index contributed by atoms with van der Waals surface area (Å²) in [7, 11) is 0. The summed E-state index contributed by atoms with van der Waals surface area (Å²) in [4.78, 5) is 61.9. The Morgan fingerprint density at radius 2 is 1.93 bits per heavy atom. The molecule has 1 aromatic carbocycles. The van der Waals surface area contributed by atoms with Gasteiger partial charge < -0.3 is 16.4 Å². The normalized spacial score (nSPS) is 18.3. The molecule has 5 N–H and O–H groups in total. The number of carbonyl (C=O) groups excluding carboxylic acids is 5. The molecule has 1 aromatic rings. The van der Waals surface area contributed by atoms with Gasteiger partial charge in [-0.1, -0.05) is 6.07 Å². The van der Waals surface area contributed by atoms with E-state index in [0.717, 1.165) is 17.7 Å². The topological polar surface area (TPSA) is 151 Å². The monoisotopic (exact) mass is 415 g/mol. The zero-order valence-corrected chi connectivity index (χ0v) is 16.5. The summed E-state index contributed by atoms with van der Waals surface area (Å²) in [5, 5.41) is 8.02. The molecule has 0 spiro atoms. The minimum atomic E-state index is -1.00. The molecule has 1 atom stereocenters. The van der Waals surface area contributed by atoms with Crippen LogP contribution in [0.15, 0.2) is 18.2 Å². The van der Waals surface area contributed by atoms with Crippen LogP contribution in [0, 0.1) is 0 Å².